The molecule has 1 fully saturated rings. The number of carbonyl (C=O) groups is 2. The zero-order valence-electron chi connectivity index (χ0n) is 19.1. The largest absolute Gasteiger partial charge is 0.419 e. The van der Waals surface area contributed by atoms with Gasteiger partial charge in [-0.3, -0.25) is 14.2 Å². The normalized spacial score (nSPS) is 17.1. The average Bonchev–Trinajstić information content (AvgIpc) is 2.99. The molecule has 9 nitrogen and oxygen atoms in total. The van der Waals surface area contributed by atoms with Crippen LogP contribution in [0.25, 0.3) is 22.2 Å². The van der Waals surface area contributed by atoms with Crippen LogP contribution in [0, 0.1) is 11.3 Å². The molecule has 1 aliphatic heterocycles. The molecule has 34 heavy (non-hydrogen) atoms. The Bertz CT molecular complexity index is 1300. The summed E-state index contributed by atoms with van der Waals surface area (Å²) in [7, 11) is 1.66. The molecule has 2 atom stereocenters. The van der Waals surface area contributed by atoms with Gasteiger partial charge < -0.3 is 19.4 Å². The first-order chi connectivity index (χ1) is 16.4. The van der Waals surface area contributed by atoms with Gasteiger partial charge in [-0.25, -0.2) is 4.79 Å². The van der Waals surface area contributed by atoms with Gasteiger partial charge >= 0.3 is 5.76 Å². The second-order valence-electron chi connectivity index (χ2n) is 8.38. The zero-order valence-corrected chi connectivity index (χ0v) is 19.1. The monoisotopic (exact) mass is 462 g/mol. The van der Waals surface area contributed by atoms with Crippen LogP contribution in [0.1, 0.15) is 18.9 Å². The molecule has 1 aliphatic rings. The number of amides is 2. The highest BCUT2D eigenvalue weighted by Gasteiger charge is 2.28. The predicted molar refractivity (Wildman–Crippen MR) is 125 cm³/mol. The molecular weight excluding hydrogens is 436 g/mol. The van der Waals surface area contributed by atoms with E-state index in [4.69, 9.17) is 9.15 Å². The quantitative estimate of drug-likeness (QED) is 0.620. The Morgan fingerprint density at radius 3 is 2.65 bits per heavy atom. The summed E-state index contributed by atoms with van der Waals surface area (Å²) in [6.07, 6.45) is 0.209. The highest BCUT2D eigenvalue weighted by molar-refractivity contribution is 5.83. The summed E-state index contributed by atoms with van der Waals surface area (Å²) in [6.45, 7) is 2.59. The number of benzene rings is 2. The van der Waals surface area contributed by atoms with E-state index in [-0.39, 0.29) is 12.5 Å². The summed E-state index contributed by atoms with van der Waals surface area (Å²) in [5.41, 5.74) is 4.01. The molecular formula is C25H26N4O5. The summed E-state index contributed by atoms with van der Waals surface area (Å²) < 4.78 is 12.2. The molecule has 2 unspecified atom stereocenters. The van der Waals surface area contributed by atoms with Gasteiger partial charge in [0.25, 0.3) is 5.91 Å². The second kappa shape index (κ2) is 9.93. The van der Waals surface area contributed by atoms with Crippen LogP contribution in [0.4, 0.5) is 0 Å². The lowest BCUT2D eigenvalue weighted by Crippen LogP contribution is -2.47. The third-order valence-electron chi connectivity index (χ3n) is 6.01. The van der Waals surface area contributed by atoms with Crippen molar-refractivity contribution in [3.05, 3.63) is 58.6 Å². The molecule has 0 spiro atoms. The van der Waals surface area contributed by atoms with Gasteiger partial charge in [-0.1, -0.05) is 30.3 Å². The topological polar surface area (TPSA) is 118 Å². The van der Waals surface area contributed by atoms with Crippen molar-refractivity contribution in [3.63, 3.8) is 0 Å². The van der Waals surface area contributed by atoms with E-state index in [1.54, 1.807) is 18.0 Å². The Kier molecular flexibility index (Phi) is 6.80. The third-order valence-corrected chi connectivity index (χ3v) is 6.01. The molecule has 2 heterocycles. The molecule has 0 saturated carbocycles. The van der Waals surface area contributed by atoms with E-state index < -0.39 is 23.8 Å². The zero-order chi connectivity index (χ0) is 24.2. The maximum absolute atomic E-state index is 12.7. The number of oxazole rings is 1. The fourth-order valence-corrected chi connectivity index (χ4v) is 4.04. The van der Waals surface area contributed by atoms with E-state index in [1.807, 2.05) is 36.4 Å². The van der Waals surface area contributed by atoms with Gasteiger partial charge in [0.05, 0.1) is 18.1 Å². The molecule has 1 saturated heterocycles. The minimum absolute atomic E-state index is 0.102. The van der Waals surface area contributed by atoms with Crippen molar-refractivity contribution in [2.75, 3.05) is 19.7 Å². The van der Waals surface area contributed by atoms with Crippen LogP contribution in [0.5, 0.6) is 0 Å². The molecule has 176 valence electrons. The first kappa shape index (κ1) is 23.3. The number of carbonyl (C=O) groups excluding carboxylic acids is 2. The first-order valence-corrected chi connectivity index (χ1v) is 11.1. The Labute approximate surface area is 196 Å². The van der Waals surface area contributed by atoms with E-state index in [2.05, 4.69) is 11.4 Å². The van der Waals surface area contributed by atoms with Gasteiger partial charge in [-0.05, 0) is 35.2 Å². The molecule has 4 rings (SSSR count). The second-order valence-corrected chi connectivity index (χ2v) is 8.38. The summed E-state index contributed by atoms with van der Waals surface area (Å²) in [4.78, 5) is 37.7. The molecule has 0 radical (unpaired) electrons. The minimum atomic E-state index is -0.793. The van der Waals surface area contributed by atoms with Crippen LogP contribution >= 0.6 is 0 Å². The van der Waals surface area contributed by atoms with Gasteiger partial charge in [0.1, 0.15) is 6.04 Å². The van der Waals surface area contributed by atoms with E-state index in [1.165, 1.54) is 11.5 Å². The van der Waals surface area contributed by atoms with Crippen molar-refractivity contribution in [2.45, 2.75) is 31.9 Å². The van der Waals surface area contributed by atoms with Crippen molar-refractivity contribution in [2.24, 2.45) is 7.05 Å². The lowest BCUT2D eigenvalue weighted by atomic mass is 10.0. The standard InChI is InChI=1S/C25H26N4O5/c1-16(30)29-10-3-11-33-23(15-29)24(31)27-20(14-26)12-17-4-6-18(7-5-17)19-8-9-22-21(13-19)28(2)25(32)34-22/h4-9,13,20,23H,3,10-12,15H2,1-2H3,(H,27,31). The lowest BCUT2D eigenvalue weighted by molar-refractivity contribution is -0.136. The number of aryl methyl sites for hydroxylation is 1. The summed E-state index contributed by atoms with van der Waals surface area (Å²) in [5, 5.41) is 12.3. The molecule has 0 aliphatic carbocycles. The van der Waals surface area contributed by atoms with Crippen LogP contribution in [0.2, 0.25) is 0 Å². The van der Waals surface area contributed by atoms with Gasteiger partial charge in [0.2, 0.25) is 5.91 Å². The number of fused-ring (bicyclic) bond motifs is 1. The SMILES string of the molecule is CC(=O)N1CCCOC(C(=O)NC(C#N)Cc2ccc(-c3ccc4oc(=O)n(C)c4c3)cc2)C1. The van der Waals surface area contributed by atoms with Gasteiger partial charge in [0.15, 0.2) is 11.7 Å². The lowest BCUT2D eigenvalue weighted by Gasteiger charge is -2.23. The van der Waals surface area contributed by atoms with Crippen LogP contribution in [-0.4, -0.2) is 53.1 Å². The molecule has 2 amide bonds. The highest BCUT2D eigenvalue weighted by atomic mass is 16.5. The van der Waals surface area contributed by atoms with Gasteiger partial charge in [-0.2, -0.15) is 5.26 Å². The number of hydrogen-bond donors (Lipinski definition) is 1. The maximum Gasteiger partial charge on any atom is 0.419 e. The van der Waals surface area contributed by atoms with Crippen molar-refractivity contribution in [1.82, 2.24) is 14.8 Å². The minimum Gasteiger partial charge on any atom is -0.408 e. The number of nitrogens with one attached hydrogen (secondary N) is 1. The molecule has 2 aromatic carbocycles. The number of aromatic nitrogens is 1. The van der Waals surface area contributed by atoms with E-state index in [0.29, 0.717) is 37.1 Å². The predicted octanol–water partition coefficient (Wildman–Crippen LogP) is 1.99. The Morgan fingerprint density at radius 1 is 1.21 bits per heavy atom. The van der Waals surface area contributed by atoms with Crippen molar-refractivity contribution >= 4 is 22.9 Å². The van der Waals surface area contributed by atoms with Gasteiger partial charge in [-0.15, -0.1) is 0 Å². The Balaban J connectivity index is 1.42. The average molecular weight is 463 g/mol. The third kappa shape index (κ3) is 5.02. The fourth-order valence-electron chi connectivity index (χ4n) is 4.04. The maximum atomic E-state index is 12.7. The van der Waals surface area contributed by atoms with Crippen LogP contribution in [0.15, 0.2) is 51.7 Å². The van der Waals surface area contributed by atoms with Crippen molar-refractivity contribution in [1.29, 1.82) is 5.26 Å². The number of nitrogens with zero attached hydrogens (tertiary/aromatic N) is 3. The van der Waals surface area contributed by atoms with Crippen molar-refractivity contribution < 1.29 is 18.7 Å². The highest BCUT2D eigenvalue weighted by Crippen LogP contribution is 2.24. The number of nitriles is 1. The van der Waals surface area contributed by atoms with Crippen LogP contribution in [0.3, 0.4) is 0 Å². The molecule has 3 aromatic rings. The van der Waals surface area contributed by atoms with Crippen molar-refractivity contribution in [3.8, 4) is 17.2 Å². The fraction of sp³-hybridized carbons (Fsp3) is 0.360. The van der Waals surface area contributed by atoms with E-state index in [9.17, 15) is 19.6 Å². The molecule has 9 heteroatoms. The molecule has 1 N–H and O–H groups in total. The van der Waals surface area contributed by atoms with Crippen LogP contribution in [-0.2, 0) is 27.8 Å². The number of ether oxygens (including phenoxy) is 1. The molecule has 0 bridgehead atoms. The smallest absolute Gasteiger partial charge is 0.408 e. The summed E-state index contributed by atoms with van der Waals surface area (Å²) in [6, 6.07) is 14.6. The van der Waals surface area contributed by atoms with Crippen LogP contribution < -0.4 is 11.1 Å². The molecule has 1 aromatic heterocycles. The summed E-state index contributed by atoms with van der Waals surface area (Å²) in [5.74, 6) is -0.903. The Hall–Kier alpha value is -3.90. The van der Waals surface area contributed by atoms with E-state index in [0.717, 1.165) is 16.7 Å². The Morgan fingerprint density at radius 2 is 1.94 bits per heavy atom. The number of rotatable bonds is 5. The summed E-state index contributed by atoms with van der Waals surface area (Å²) >= 11 is 0. The van der Waals surface area contributed by atoms with Gasteiger partial charge in [0, 0.05) is 33.5 Å². The number of hydrogen-bond acceptors (Lipinski definition) is 6. The first-order valence-electron chi connectivity index (χ1n) is 11.1. The van der Waals surface area contributed by atoms with E-state index >= 15 is 0 Å².